The molecule has 0 unspecified atom stereocenters. The van der Waals surface area contributed by atoms with Gasteiger partial charge in [-0.05, 0) is 68.0 Å². The predicted octanol–water partition coefficient (Wildman–Crippen LogP) is 5.31. The zero-order chi connectivity index (χ0) is 23.9. The fourth-order valence-corrected chi connectivity index (χ4v) is 5.33. The standard InChI is InChI=1S/C28H27FN4O2/c1-35-19-10-11-24-21(16-19)22(17-30-24)18-12-14-32(15-13-18)28(34)27-20-6-2-4-8-25(20)33(31-27)26-9-5-3-7-23(26)29/h3,5,7,9-12,16-17,30H,2,4,6,8,13-15H2,1H3. The van der Waals surface area contributed by atoms with Crippen LogP contribution in [-0.4, -0.2) is 45.8 Å². The summed E-state index contributed by atoms with van der Waals surface area (Å²) in [6.45, 7) is 1.13. The number of H-pyrrole nitrogens is 1. The molecule has 0 radical (unpaired) electrons. The molecule has 0 saturated carbocycles. The zero-order valence-electron chi connectivity index (χ0n) is 19.7. The molecule has 2 aliphatic rings. The lowest BCUT2D eigenvalue weighted by atomic mass is 9.94. The van der Waals surface area contributed by atoms with Gasteiger partial charge < -0.3 is 14.6 Å². The molecule has 1 aliphatic carbocycles. The van der Waals surface area contributed by atoms with Gasteiger partial charge in [0.25, 0.3) is 5.91 Å². The van der Waals surface area contributed by atoms with Gasteiger partial charge in [0.15, 0.2) is 5.69 Å². The van der Waals surface area contributed by atoms with Gasteiger partial charge in [-0.25, -0.2) is 9.07 Å². The van der Waals surface area contributed by atoms with E-state index in [9.17, 15) is 9.18 Å². The van der Waals surface area contributed by atoms with Crippen LogP contribution in [0.2, 0.25) is 0 Å². The summed E-state index contributed by atoms with van der Waals surface area (Å²) in [5.74, 6) is 0.416. The molecular weight excluding hydrogens is 443 g/mol. The van der Waals surface area contributed by atoms with Crippen LogP contribution in [0.5, 0.6) is 5.75 Å². The first kappa shape index (κ1) is 21.6. The Balaban J connectivity index is 1.30. The molecule has 0 spiro atoms. The minimum Gasteiger partial charge on any atom is -0.497 e. The van der Waals surface area contributed by atoms with Crippen LogP contribution in [-0.2, 0) is 12.8 Å². The Hall–Kier alpha value is -3.87. The van der Waals surface area contributed by atoms with Crippen LogP contribution < -0.4 is 4.74 Å². The monoisotopic (exact) mass is 470 g/mol. The van der Waals surface area contributed by atoms with E-state index in [1.807, 2.05) is 29.3 Å². The van der Waals surface area contributed by atoms with Crippen molar-refractivity contribution < 1.29 is 13.9 Å². The van der Waals surface area contributed by atoms with Gasteiger partial charge in [0, 0.05) is 47.0 Å². The van der Waals surface area contributed by atoms with E-state index in [4.69, 9.17) is 4.74 Å². The summed E-state index contributed by atoms with van der Waals surface area (Å²) < 4.78 is 21.6. The van der Waals surface area contributed by atoms with Crippen molar-refractivity contribution in [3.63, 3.8) is 0 Å². The number of hydrogen-bond acceptors (Lipinski definition) is 3. The summed E-state index contributed by atoms with van der Waals surface area (Å²) in [5, 5.41) is 5.79. The number of aromatic nitrogens is 3. The summed E-state index contributed by atoms with van der Waals surface area (Å²) >= 11 is 0. The number of carbonyl (C=O) groups excluding carboxylic acids is 1. The Morgan fingerprint density at radius 2 is 1.97 bits per heavy atom. The molecule has 1 amide bonds. The van der Waals surface area contributed by atoms with Crippen LogP contribution in [0, 0.1) is 5.82 Å². The smallest absolute Gasteiger partial charge is 0.274 e. The highest BCUT2D eigenvalue weighted by Crippen LogP contribution is 2.33. The number of nitrogens with zero attached hydrogens (tertiary/aromatic N) is 3. The Morgan fingerprint density at radius 3 is 2.77 bits per heavy atom. The van der Waals surface area contributed by atoms with Crippen molar-refractivity contribution in [3.05, 3.63) is 83.1 Å². The molecule has 1 N–H and O–H groups in total. The number of halogens is 1. The highest BCUT2D eigenvalue weighted by atomic mass is 19.1. The minimum absolute atomic E-state index is 0.0749. The van der Waals surface area contributed by atoms with Crippen LogP contribution >= 0.6 is 0 Å². The van der Waals surface area contributed by atoms with Crippen LogP contribution in [0.15, 0.2) is 54.7 Å². The Morgan fingerprint density at radius 1 is 1.11 bits per heavy atom. The average Bonchev–Trinajstić information content (AvgIpc) is 3.50. The van der Waals surface area contributed by atoms with Gasteiger partial charge in [-0.2, -0.15) is 5.10 Å². The van der Waals surface area contributed by atoms with E-state index in [-0.39, 0.29) is 11.7 Å². The van der Waals surface area contributed by atoms with Gasteiger partial charge in [-0.15, -0.1) is 0 Å². The quantitative estimate of drug-likeness (QED) is 0.440. The van der Waals surface area contributed by atoms with E-state index >= 15 is 0 Å². The summed E-state index contributed by atoms with van der Waals surface area (Å²) in [4.78, 5) is 18.8. The fourth-order valence-electron chi connectivity index (χ4n) is 5.33. The van der Waals surface area contributed by atoms with E-state index in [0.29, 0.717) is 24.5 Å². The van der Waals surface area contributed by atoms with Gasteiger partial charge in [0.2, 0.25) is 0 Å². The summed E-state index contributed by atoms with van der Waals surface area (Å²) in [7, 11) is 1.67. The summed E-state index contributed by atoms with van der Waals surface area (Å²) in [6.07, 6.45) is 8.56. The lowest BCUT2D eigenvalue weighted by Crippen LogP contribution is -2.35. The van der Waals surface area contributed by atoms with E-state index in [1.165, 1.54) is 11.6 Å². The van der Waals surface area contributed by atoms with Crippen molar-refractivity contribution in [2.24, 2.45) is 0 Å². The van der Waals surface area contributed by atoms with Crippen LogP contribution in [0.1, 0.15) is 46.6 Å². The topological polar surface area (TPSA) is 63.1 Å². The maximum Gasteiger partial charge on any atom is 0.274 e. The molecule has 0 saturated heterocycles. The van der Waals surface area contributed by atoms with Crippen molar-refractivity contribution >= 4 is 22.4 Å². The van der Waals surface area contributed by atoms with Gasteiger partial charge in [0.05, 0.1) is 7.11 Å². The molecule has 0 bridgehead atoms. The van der Waals surface area contributed by atoms with Crippen molar-refractivity contribution in [2.75, 3.05) is 20.2 Å². The molecule has 7 heteroatoms. The van der Waals surface area contributed by atoms with Crippen LogP contribution in [0.4, 0.5) is 4.39 Å². The molecule has 0 fully saturated rings. The Labute approximate surface area is 203 Å². The maximum absolute atomic E-state index is 14.6. The third-order valence-corrected chi connectivity index (χ3v) is 7.19. The number of rotatable bonds is 4. The van der Waals surface area contributed by atoms with Crippen molar-refractivity contribution in [3.8, 4) is 11.4 Å². The molecule has 2 aromatic carbocycles. The Bertz CT molecular complexity index is 1470. The second kappa shape index (κ2) is 8.73. The van der Waals surface area contributed by atoms with Gasteiger partial charge >= 0.3 is 0 Å². The number of aromatic amines is 1. The van der Waals surface area contributed by atoms with Crippen molar-refractivity contribution in [2.45, 2.75) is 32.1 Å². The van der Waals surface area contributed by atoms with E-state index in [0.717, 1.165) is 65.6 Å². The normalized spacial score (nSPS) is 15.7. The molecule has 1 aliphatic heterocycles. The average molecular weight is 471 g/mol. The number of fused-ring (bicyclic) bond motifs is 2. The first-order valence-electron chi connectivity index (χ1n) is 12.1. The number of hydrogen-bond donors (Lipinski definition) is 1. The molecule has 2 aromatic heterocycles. The molecule has 6 nitrogen and oxygen atoms in total. The van der Waals surface area contributed by atoms with E-state index < -0.39 is 0 Å². The second-order valence-corrected chi connectivity index (χ2v) is 9.19. The lowest BCUT2D eigenvalue weighted by Gasteiger charge is -2.26. The van der Waals surface area contributed by atoms with Crippen LogP contribution in [0.3, 0.4) is 0 Å². The molecular formula is C28H27FN4O2. The third kappa shape index (κ3) is 3.71. The summed E-state index contributed by atoms with van der Waals surface area (Å²) in [5.41, 5.74) is 6.23. The number of amides is 1. The van der Waals surface area contributed by atoms with Gasteiger partial charge in [0.1, 0.15) is 17.3 Å². The van der Waals surface area contributed by atoms with Crippen molar-refractivity contribution in [1.82, 2.24) is 19.7 Å². The molecule has 0 atom stereocenters. The number of nitrogens with one attached hydrogen (secondary N) is 1. The minimum atomic E-state index is -0.330. The number of ether oxygens (including phenoxy) is 1. The second-order valence-electron chi connectivity index (χ2n) is 9.19. The highest BCUT2D eigenvalue weighted by molar-refractivity contribution is 5.96. The van der Waals surface area contributed by atoms with Gasteiger partial charge in [-0.3, -0.25) is 4.79 Å². The lowest BCUT2D eigenvalue weighted by molar-refractivity contribution is 0.0765. The SMILES string of the molecule is COc1ccc2[nH]cc(C3=CCN(C(=O)c4nn(-c5ccccc5F)c5c4CCCC5)CC3)c2c1. The fraction of sp³-hybridized carbons (Fsp3) is 0.286. The molecule has 4 aromatic rings. The number of methoxy groups -OCH3 is 1. The maximum atomic E-state index is 14.6. The number of carbonyl (C=O) groups is 1. The predicted molar refractivity (Wildman–Crippen MR) is 134 cm³/mol. The van der Waals surface area contributed by atoms with Gasteiger partial charge in [-0.1, -0.05) is 18.2 Å². The molecule has 6 rings (SSSR count). The molecule has 178 valence electrons. The largest absolute Gasteiger partial charge is 0.497 e. The zero-order valence-corrected chi connectivity index (χ0v) is 19.7. The number of benzene rings is 2. The number of para-hydroxylation sites is 1. The van der Waals surface area contributed by atoms with E-state index in [1.54, 1.807) is 30.0 Å². The third-order valence-electron chi connectivity index (χ3n) is 7.19. The Kier molecular flexibility index (Phi) is 5.40. The van der Waals surface area contributed by atoms with Crippen LogP contribution in [0.25, 0.3) is 22.2 Å². The highest BCUT2D eigenvalue weighted by Gasteiger charge is 2.30. The first-order valence-corrected chi connectivity index (χ1v) is 12.1. The first-order chi connectivity index (χ1) is 17.1. The summed E-state index contributed by atoms with van der Waals surface area (Å²) in [6, 6.07) is 12.6. The van der Waals surface area contributed by atoms with Crippen molar-refractivity contribution in [1.29, 1.82) is 0 Å². The molecule has 3 heterocycles. The molecule has 35 heavy (non-hydrogen) atoms. The van der Waals surface area contributed by atoms with E-state index in [2.05, 4.69) is 16.2 Å².